The fourth-order valence-corrected chi connectivity index (χ4v) is 4.91. The second-order valence-corrected chi connectivity index (χ2v) is 9.15. The monoisotopic (exact) mass is 379 g/mol. The van der Waals surface area contributed by atoms with Crippen LogP contribution in [0.4, 0.5) is 0 Å². The summed E-state index contributed by atoms with van der Waals surface area (Å²) >= 11 is 0. The molecule has 0 saturated heterocycles. The Kier molecular flexibility index (Phi) is 4.90. The van der Waals surface area contributed by atoms with Crippen molar-refractivity contribution in [2.75, 3.05) is 0 Å². The van der Waals surface area contributed by atoms with Crippen molar-refractivity contribution in [3.05, 3.63) is 58.4 Å². The minimum Gasteiger partial charge on any atom is -0.459 e. The molecule has 4 heteroatoms. The molecule has 1 aromatic carbocycles. The maximum absolute atomic E-state index is 13.2. The lowest BCUT2D eigenvalue weighted by Gasteiger charge is -2.39. The number of ether oxygens (including phenoxy) is 1. The number of benzene rings is 1. The Bertz CT molecular complexity index is 857. The molecule has 1 saturated carbocycles. The Balaban J connectivity index is 1.76. The molecule has 0 spiro atoms. The molecule has 3 aliphatic rings. The van der Waals surface area contributed by atoms with Crippen molar-refractivity contribution >= 4 is 11.8 Å². The van der Waals surface area contributed by atoms with Crippen LogP contribution < -0.4 is 5.32 Å². The van der Waals surface area contributed by atoms with Gasteiger partial charge in [0.2, 0.25) is 0 Å². The number of ketones is 1. The first-order chi connectivity index (χ1) is 13.4. The average molecular weight is 380 g/mol. The summed E-state index contributed by atoms with van der Waals surface area (Å²) in [6, 6.07) is 9.89. The minimum absolute atomic E-state index is 0.000547. The van der Waals surface area contributed by atoms with Gasteiger partial charge in [-0.3, -0.25) is 4.79 Å². The van der Waals surface area contributed by atoms with Gasteiger partial charge in [-0.2, -0.15) is 0 Å². The van der Waals surface area contributed by atoms with Gasteiger partial charge in [-0.05, 0) is 50.0 Å². The third-order valence-corrected chi connectivity index (χ3v) is 6.17. The zero-order chi connectivity index (χ0) is 19.9. The molecule has 1 N–H and O–H groups in total. The van der Waals surface area contributed by atoms with Crippen molar-refractivity contribution in [1.29, 1.82) is 0 Å². The van der Waals surface area contributed by atoms with Gasteiger partial charge in [0, 0.05) is 29.3 Å². The van der Waals surface area contributed by atoms with Crippen LogP contribution in [0, 0.1) is 5.41 Å². The SMILES string of the molecule is CC1=C(C(=O)OC2CCCC2)C(c2ccccc2)C2=C(CC(C)(C)CC2=O)N1. The molecular formula is C24H29NO3. The largest absolute Gasteiger partial charge is 0.459 e. The van der Waals surface area contributed by atoms with E-state index in [-0.39, 0.29) is 29.2 Å². The topological polar surface area (TPSA) is 55.4 Å². The van der Waals surface area contributed by atoms with Crippen LogP contribution >= 0.6 is 0 Å². The van der Waals surface area contributed by atoms with Crippen LogP contribution in [0.25, 0.3) is 0 Å². The molecule has 1 aromatic rings. The summed E-state index contributed by atoms with van der Waals surface area (Å²) in [7, 11) is 0. The summed E-state index contributed by atoms with van der Waals surface area (Å²) in [6.45, 7) is 6.17. The van der Waals surface area contributed by atoms with Gasteiger partial charge in [0.05, 0.1) is 5.57 Å². The maximum Gasteiger partial charge on any atom is 0.337 e. The van der Waals surface area contributed by atoms with Crippen molar-refractivity contribution in [3.63, 3.8) is 0 Å². The fourth-order valence-electron chi connectivity index (χ4n) is 4.91. The normalized spacial score (nSPS) is 24.8. The Morgan fingerprint density at radius 2 is 1.79 bits per heavy atom. The zero-order valence-electron chi connectivity index (χ0n) is 17.0. The molecule has 1 unspecified atom stereocenters. The van der Waals surface area contributed by atoms with Crippen LogP contribution in [0.15, 0.2) is 52.9 Å². The zero-order valence-corrected chi connectivity index (χ0v) is 17.0. The van der Waals surface area contributed by atoms with E-state index in [9.17, 15) is 9.59 Å². The lowest BCUT2D eigenvalue weighted by atomic mass is 9.68. The quantitative estimate of drug-likeness (QED) is 0.768. The predicted octanol–water partition coefficient (Wildman–Crippen LogP) is 4.78. The molecule has 1 fully saturated rings. The highest BCUT2D eigenvalue weighted by molar-refractivity contribution is 6.04. The van der Waals surface area contributed by atoms with Crippen molar-refractivity contribution < 1.29 is 14.3 Å². The second kappa shape index (κ2) is 7.23. The average Bonchev–Trinajstić information content (AvgIpc) is 3.13. The minimum atomic E-state index is -0.352. The number of allylic oxidation sites excluding steroid dienone is 3. The molecule has 4 rings (SSSR count). The number of carbonyl (C=O) groups is 2. The lowest BCUT2D eigenvalue weighted by Crippen LogP contribution is -2.39. The number of dihydropyridines is 1. The van der Waals surface area contributed by atoms with Crippen LogP contribution in [-0.4, -0.2) is 17.9 Å². The number of Topliss-reactive ketones (excluding diaryl/α,β-unsaturated/α-hetero) is 1. The van der Waals surface area contributed by atoms with Crippen LogP contribution in [0.1, 0.15) is 70.8 Å². The van der Waals surface area contributed by atoms with E-state index in [1.54, 1.807) is 0 Å². The molecule has 0 radical (unpaired) electrons. The lowest BCUT2D eigenvalue weighted by molar-refractivity contribution is -0.144. The van der Waals surface area contributed by atoms with Gasteiger partial charge in [-0.25, -0.2) is 4.79 Å². The number of hydrogen-bond acceptors (Lipinski definition) is 4. The highest BCUT2D eigenvalue weighted by Gasteiger charge is 2.43. The first kappa shape index (κ1) is 19.0. The van der Waals surface area contributed by atoms with Crippen LogP contribution in [0.3, 0.4) is 0 Å². The van der Waals surface area contributed by atoms with Crippen LogP contribution in [-0.2, 0) is 14.3 Å². The molecule has 148 valence electrons. The molecule has 1 heterocycles. The van der Waals surface area contributed by atoms with Crippen LogP contribution in [0.2, 0.25) is 0 Å². The smallest absolute Gasteiger partial charge is 0.337 e. The molecule has 1 aliphatic heterocycles. The molecule has 28 heavy (non-hydrogen) atoms. The van der Waals surface area contributed by atoms with Crippen LogP contribution in [0.5, 0.6) is 0 Å². The van der Waals surface area contributed by atoms with Gasteiger partial charge in [-0.1, -0.05) is 44.2 Å². The third-order valence-electron chi connectivity index (χ3n) is 6.17. The van der Waals surface area contributed by atoms with Crippen molar-refractivity contribution in [1.82, 2.24) is 5.32 Å². The number of nitrogens with one attached hydrogen (secondary N) is 1. The molecule has 2 aliphatic carbocycles. The van der Waals surface area contributed by atoms with Gasteiger partial charge in [0.15, 0.2) is 5.78 Å². The standard InChI is InChI=1S/C24H29NO3/c1-15-20(23(27)28-17-11-7-8-12-17)21(16-9-5-4-6-10-16)22-18(25-15)13-24(2,3)14-19(22)26/h4-6,9-10,17,21,25H,7-8,11-14H2,1-3H3. The molecular weight excluding hydrogens is 350 g/mol. The number of carbonyl (C=O) groups excluding carboxylic acids is 2. The number of esters is 1. The van der Waals surface area contributed by atoms with Gasteiger partial charge in [0.25, 0.3) is 0 Å². The van der Waals surface area contributed by atoms with E-state index >= 15 is 0 Å². The Labute approximate surface area is 167 Å². The van der Waals surface area contributed by atoms with E-state index < -0.39 is 0 Å². The van der Waals surface area contributed by atoms with Gasteiger partial charge in [-0.15, -0.1) is 0 Å². The first-order valence-electron chi connectivity index (χ1n) is 10.4. The number of hydrogen-bond donors (Lipinski definition) is 1. The molecule has 4 nitrogen and oxygen atoms in total. The molecule has 0 amide bonds. The predicted molar refractivity (Wildman–Crippen MR) is 108 cm³/mol. The van der Waals surface area contributed by atoms with Crippen molar-refractivity contribution in [3.8, 4) is 0 Å². The van der Waals surface area contributed by atoms with Gasteiger partial charge in [0.1, 0.15) is 6.10 Å². The van der Waals surface area contributed by atoms with E-state index in [2.05, 4.69) is 19.2 Å². The summed E-state index contributed by atoms with van der Waals surface area (Å²) < 4.78 is 5.86. The first-order valence-corrected chi connectivity index (χ1v) is 10.4. The van der Waals surface area contributed by atoms with E-state index in [0.29, 0.717) is 12.0 Å². The summed E-state index contributed by atoms with van der Waals surface area (Å²) in [4.78, 5) is 26.4. The van der Waals surface area contributed by atoms with Gasteiger partial charge < -0.3 is 10.1 Å². The maximum atomic E-state index is 13.2. The second-order valence-electron chi connectivity index (χ2n) is 9.15. The molecule has 1 atom stereocenters. The summed E-state index contributed by atoms with van der Waals surface area (Å²) in [5.74, 6) is -0.504. The molecule has 0 aromatic heterocycles. The number of rotatable bonds is 3. The van der Waals surface area contributed by atoms with Crippen molar-refractivity contribution in [2.24, 2.45) is 5.41 Å². The molecule has 0 bridgehead atoms. The van der Waals surface area contributed by atoms with Gasteiger partial charge >= 0.3 is 5.97 Å². The Hall–Kier alpha value is -2.36. The van der Waals surface area contributed by atoms with E-state index in [0.717, 1.165) is 54.6 Å². The fraction of sp³-hybridized carbons (Fsp3) is 0.500. The Morgan fingerprint density at radius 1 is 1.11 bits per heavy atom. The summed E-state index contributed by atoms with van der Waals surface area (Å²) in [5.41, 5.74) is 4.00. The highest BCUT2D eigenvalue weighted by Crippen LogP contribution is 2.46. The van der Waals surface area contributed by atoms with E-state index in [1.807, 2.05) is 37.3 Å². The highest BCUT2D eigenvalue weighted by atomic mass is 16.5. The van der Waals surface area contributed by atoms with E-state index in [1.165, 1.54) is 0 Å². The summed E-state index contributed by atoms with van der Waals surface area (Å²) in [5, 5.41) is 3.40. The third kappa shape index (κ3) is 3.52. The summed E-state index contributed by atoms with van der Waals surface area (Å²) in [6.07, 6.45) is 5.39. The Morgan fingerprint density at radius 3 is 2.46 bits per heavy atom. The van der Waals surface area contributed by atoms with Crippen molar-refractivity contribution in [2.45, 2.75) is 71.3 Å². The van der Waals surface area contributed by atoms with E-state index in [4.69, 9.17) is 4.74 Å².